The average Bonchev–Trinajstić information content (AvgIpc) is 2.93. The van der Waals surface area contributed by atoms with E-state index in [4.69, 9.17) is 9.47 Å². The van der Waals surface area contributed by atoms with Crippen molar-refractivity contribution in [3.05, 3.63) is 45.7 Å². The quantitative estimate of drug-likeness (QED) is 0.834. The number of rotatable bonds is 4. The van der Waals surface area contributed by atoms with Crippen molar-refractivity contribution in [2.45, 2.75) is 39.6 Å². The Labute approximate surface area is 150 Å². The minimum Gasteiger partial charge on any atom is -0.486 e. The first-order valence-corrected chi connectivity index (χ1v) is 9.03. The summed E-state index contributed by atoms with van der Waals surface area (Å²) in [6.45, 7) is 7.19. The van der Waals surface area contributed by atoms with Crippen LogP contribution in [0.25, 0.3) is 0 Å². The minimum absolute atomic E-state index is 0.00923. The van der Waals surface area contributed by atoms with Crippen molar-refractivity contribution in [2.75, 3.05) is 13.1 Å². The number of nitrogens with zero attached hydrogens (tertiary/aromatic N) is 2. The fraction of sp³-hybridized carbons (Fsp3) is 0.444. The van der Waals surface area contributed by atoms with Gasteiger partial charge in [-0.2, -0.15) is 0 Å². The van der Waals surface area contributed by atoms with Crippen LogP contribution in [0.2, 0.25) is 0 Å². The van der Waals surface area contributed by atoms with E-state index in [0.717, 1.165) is 5.01 Å². The number of carbonyl (C=O) groups excluding carboxylic acids is 1. The number of amides is 1. The Hall–Kier alpha value is -1.99. The maximum Gasteiger partial charge on any atom is 0.266 e. The van der Waals surface area contributed by atoms with Gasteiger partial charge in [-0.25, -0.2) is 9.37 Å². The lowest BCUT2D eigenvalue weighted by Gasteiger charge is -2.35. The van der Waals surface area contributed by atoms with Gasteiger partial charge in [0.2, 0.25) is 0 Å². The number of ether oxygens (including phenoxy) is 2. The number of hydrogen-bond acceptors (Lipinski definition) is 5. The number of benzene rings is 1. The predicted octanol–water partition coefficient (Wildman–Crippen LogP) is 3.42. The van der Waals surface area contributed by atoms with Crippen molar-refractivity contribution >= 4 is 17.2 Å². The van der Waals surface area contributed by atoms with Gasteiger partial charge in [-0.05, 0) is 45.0 Å². The summed E-state index contributed by atoms with van der Waals surface area (Å²) in [4.78, 5) is 19.7. The van der Waals surface area contributed by atoms with Crippen LogP contribution >= 0.6 is 11.3 Å². The van der Waals surface area contributed by atoms with E-state index in [1.165, 1.54) is 23.5 Å². The van der Waals surface area contributed by atoms with E-state index in [-0.39, 0.29) is 30.5 Å². The normalized spacial score (nSPS) is 20.6. The fourth-order valence-corrected chi connectivity index (χ4v) is 3.82. The maximum absolute atomic E-state index is 12.9. The molecule has 1 aliphatic heterocycles. The number of morpholine rings is 1. The predicted molar refractivity (Wildman–Crippen MR) is 93.5 cm³/mol. The van der Waals surface area contributed by atoms with Crippen LogP contribution in [0.1, 0.15) is 34.2 Å². The number of aromatic nitrogens is 1. The van der Waals surface area contributed by atoms with Gasteiger partial charge in [0.15, 0.2) is 0 Å². The van der Waals surface area contributed by atoms with Gasteiger partial charge < -0.3 is 14.4 Å². The lowest BCUT2D eigenvalue weighted by molar-refractivity contribution is -0.0585. The first-order valence-electron chi connectivity index (χ1n) is 8.21. The largest absolute Gasteiger partial charge is 0.486 e. The van der Waals surface area contributed by atoms with Crippen molar-refractivity contribution in [1.29, 1.82) is 0 Å². The first kappa shape index (κ1) is 17.8. The Morgan fingerprint density at radius 1 is 1.32 bits per heavy atom. The second-order valence-electron chi connectivity index (χ2n) is 6.23. The summed E-state index contributed by atoms with van der Waals surface area (Å²) in [6.07, 6.45) is 0.0596. The van der Waals surface area contributed by atoms with E-state index in [1.54, 1.807) is 12.1 Å². The highest BCUT2D eigenvalue weighted by molar-refractivity contribution is 7.13. The van der Waals surface area contributed by atoms with Gasteiger partial charge in [0.05, 0.1) is 17.9 Å². The molecule has 0 bridgehead atoms. The molecule has 2 heterocycles. The smallest absolute Gasteiger partial charge is 0.266 e. The third-order valence-corrected chi connectivity index (χ3v) is 5.04. The molecule has 2 atom stereocenters. The standard InChI is InChI=1S/C18H21FN2O3S/c1-11-8-21(9-12(2)24-11)18(22)17-13(3)20-16(25-17)10-23-15-6-4-14(19)5-7-15/h4-7,11-12H,8-10H2,1-3H3. The lowest BCUT2D eigenvalue weighted by atomic mass is 10.2. The summed E-state index contributed by atoms with van der Waals surface area (Å²) >= 11 is 1.34. The lowest BCUT2D eigenvalue weighted by Crippen LogP contribution is -2.48. The Kier molecular flexibility index (Phi) is 5.34. The Morgan fingerprint density at radius 2 is 1.96 bits per heavy atom. The van der Waals surface area contributed by atoms with Gasteiger partial charge in [0.25, 0.3) is 5.91 Å². The molecule has 134 valence electrons. The van der Waals surface area contributed by atoms with Crippen molar-refractivity contribution in [3.63, 3.8) is 0 Å². The number of thiazole rings is 1. The van der Waals surface area contributed by atoms with Gasteiger partial charge in [-0.3, -0.25) is 4.79 Å². The molecule has 0 spiro atoms. The van der Waals surface area contributed by atoms with E-state index in [9.17, 15) is 9.18 Å². The number of halogens is 1. The Bertz CT molecular complexity index is 737. The summed E-state index contributed by atoms with van der Waals surface area (Å²) < 4.78 is 24.2. The zero-order chi connectivity index (χ0) is 18.0. The molecule has 0 radical (unpaired) electrons. The van der Waals surface area contributed by atoms with E-state index >= 15 is 0 Å². The van der Waals surface area contributed by atoms with E-state index < -0.39 is 0 Å². The third-order valence-electron chi connectivity index (χ3n) is 3.92. The molecule has 1 aliphatic rings. The van der Waals surface area contributed by atoms with Crippen LogP contribution in [0.3, 0.4) is 0 Å². The molecule has 0 N–H and O–H groups in total. The van der Waals surface area contributed by atoms with Crippen LogP contribution in [0.15, 0.2) is 24.3 Å². The van der Waals surface area contributed by atoms with Crippen LogP contribution in [0.4, 0.5) is 4.39 Å². The average molecular weight is 364 g/mol. The highest BCUT2D eigenvalue weighted by Crippen LogP contribution is 2.23. The summed E-state index contributed by atoms with van der Waals surface area (Å²) in [5.74, 6) is 0.252. The van der Waals surface area contributed by atoms with Crippen molar-refractivity contribution in [1.82, 2.24) is 9.88 Å². The fourth-order valence-electron chi connectivity index (χ4n) is 2.88. The van der Waals surface area contributed by atoms with Crippen LogP contribution < -0.4 is 4.74 Å². The second kappa shape index (κ2) is 7.49. The molecule has 1 aromatic carbocycles. The highest BCUT2D eigenvalue weighted by Gasteiger charge is 2.28. The molecular weight excluding hydrogens is 343 g/mol. The van der Waals surface area contributed by atoms with Crippen LogP contribution in [-0.2, 0) is 11.3 Å². The first-order chi connectivity index (χ1) is 11.9. The summed E-state index contributed by atoms with van der Waals surface area (Å²) in [6, 6.07) is 5.83. The molecule has 3 rings (SSSR count). The van der Waals surface area contributed by atoms with Crippen molar-refractivity contribution in [2.24, 2.45) is 0 Å². The van der Waals surface area contributed by atoms with Gasteiger partial charge in [0, 0.05) is 13.1 Å². The highest BCUT2D eigenvalue weighted by atomic mass is 32.1. The van der Waals surface area contributed by atoms with Gasteiger partial charge in [-0.1, -0.05) is 0 Å². The molecule has 1 saturated heterocycles. The van der Waals surface area contributed by atoms with E-state index in [2.05, 4.69) is 4.98 Å². The molecule has 1 fully saturated rings. The van der Waals surface area contributed by atoms with Gasteiger partial charge in [-0.15, -0.1) is 11.3 Å². The molecule has 1 amide bonds. The van der Waals surface area contributed by atoms with Crippen molar-refractivity contribution < 1.29 is 18.7 Å². The molecule has 0 saturated carbocycles. The summed E-state index contributed by atoms with van der Waals surface area (Å²) in [5, 5.41) is 0.722. The molecule has 7 heteroatoms. The zero-order valence-electron chi connectivity index (χ0n) is 14.5. The molecule has 5 nitrogen and oxygen atoms in total. The molecule has 2 aromatic rings. The van der Waals surface area contributed by atoms with Crippen molar-refractivity contribution in [3.8, 4) is 5.75 Å². The van der Waals surface area contributed by atoms with Crippen LogP contribution in [0, 0.1) is 12.7 Å². The Morgan fingerprint density at radius 3 is 2.60 bits per heavy atom. The summed E-state index contributed by atoms with van der Waals surface area (Å²) in [5.41, 5.74) is 0.708. The monoisotopic (exact) mass is 364 g/mol. The molecule has 1 aromatic heterocycles. The van der Waals surface area contributed by atoms with Gasteiger partial charge in [0.1, 0.15) is 28.1 Å². The number of carbonyl (C=O) groups is 1. The molecular formula is C18H21FN2O3S. The van der Waals surface area contributed by atoms with Gasteiger partial charge >= 0.3 is 0 Å². The third kappa shape index (κ3) is 4.35. The number of aryl methyl sites for hydroxylation is 1. The Balaban J connectivity index is 1.67. The number of hydrogen-bond donors (Lipinski definition) is 0. The van der Waals surface area contributed by atoms with Crippen LogP contribution in [0.5, 0.6) is 5.75 Å². The topological polar surface area (TPSA) is 51.7 Å². The van der Waals surface area contributed by atoms with E-state index in [0.29, 0.717) is 29.4 Å². The maximum atomic E-state index is 12.9. The van der Waals surface area contributed by atoms with Crippen LogP contribution in [-0.4, -0.2) is 41.1 Å². The molecule has 25 heavy (non-hydrogen) atoms. The molecule has 2 unspecified atom stereocenters. The zero-order valence-corrected chi connectivity index (χ0v) is 15.3. The van der Waals surface area contributed by atoms with E-state index in [1.807, 2.05) is 25.7 Å². The second-order valence-corrected chi connectivity index (χ2v) is 7.32. The SMILES string of the molecule is Cc1nc(COc2ccc(F)cc2)sc1C(=O)N1CC(C)OC(C)C1. The molecule has 0 aliphatic carbocycles. The summed E-state index contributed by atoms with van der Waals surface area (Å²) in [7, 11) is 0. The minimum atomic E-state index is -0.306.